The molecule has 0 spiro atoms. The van der Waals surface area contributed by atoms with Crippen molar-refractivity contribution in [2.24, 2.45) is 0 Å². The molecule has 0 radical (unpaired) electrons. The fraction of sp³-hybridized carbons (Fsp3) is 0.118. The van der Waals surface area contributed by atoms with E-state index >= 15 is 0 Å². The van der Waals surface area contributed by atoms with E-state index in [0.29, 0.717) is 16.3 Å². The first-order valence-electron chi connectivity index (χ1n) is 7.27. The van der Waals surface area contributed by atoms with Crippen molar-refractivity contribution in [2.45, 2.75) is 12.5 Å². The smallest absolute Gasteiger partial charge is 0.322 e. The molecule has 122 valence electrons. The summed E-state index contributed by atoms with van der Waals surface area (Å²) in [6, 6.07) is 12.6. The molecule has 1 atom stereocenters. The Bertz CT molecular complexity index is 805. The zero-order valence-electron chi connectivity index (χ0n) is 12.5. The van der Waals surface area contributed by atoms with Crippen LogP contribution in [0.15, 0.2) is 48.5 Å². The normalized spacial score (nSPS) is 16.5. The summed E-state index contributed by atoms with van der Waals surface area (Å²) in [5.74, 6) is -0.598. The van der Waals surface area contributed by atoms with Gasteiger partial charge in [0.1, 0.15) is 6.04 Å². The van der Waals surface area contributed by atoms with Crippen molar-refractivity contribution in [3.63, 3.8) is 0 Å². The van der Waals surface area contributed by atoms with Crippen molar-refractivity contribution in [1.82, 2.24) is 10.6 Å². The monoisotopic (exact) mass is 343 g/mol. The van der Waals surface area contributed by atoms with E-state index in [9.17, 15) is 14.4 Å². The summed E-state index contributed by atoms with van der Waals surface area (Å²) >= 11 is 5.82. The molecular formula is C17H14ClN3O3. The number of rotatable bonds is 4. The van der Waals surface area contributed by atoms with Crippen LogP contribution in [0.3, 0.4) is 0 Å². The lowest BCUT2D eigenvalue weighted by molar-refractivity contribution is -0.120. The fourth-order valence-corrected chi connectivity index (χ4v) is 2.57. The highest BCUT2D eigenvalue weighted by atomic mass is 35.5. The molecular weight excluding hydrogens is 330 g/mol. The molecule has 6 nitrogen and oxygen atoms in total. The molecule has 24 heavy (non-hydrogen) atoms. The largest absolute Gasteiger partial charge is 0.326 e. The Hall–Kier alpha value is -2.86. The van der Waals surface area contributed by atoms with E-state index in [4.69, 9.17) is 11.6 Å². The number of imide groups is 1. The minimum atomic E-state index is -0.745. The summed E-state index contributed by atoms with van der Waals surface area (Å²) in [7, 11) is 0. The highest BCUT2D eigenvalue weighted by Gasteiger charge is 2.30. The summed E-state index contributed by atoms with van der Waals surface area (Å²) in [6.07, 6.45) is 0.210. The molecule has 3 rings (SSSR count). The second kappa shape index (κ2) is 6.72. The molecule has 0 saturated carbocycles. The number of hydrogen-bond donors (Lipinski definition) is 3. The second-order valence-corrected chi connectivity index (χ2v) is 5.81. The number of urea groups is 1. The number of hydrogen-bond acceptors (Lipinski definition) is 3. The van der Waals surface area contributed by atoms with Gasteiger partial charge in [-0.25, -0.2) is 4.79 Å². The van der Waals surface area contributed by atoms with Gasteiger partial charge < -0.3 is 10.6 Å². The summed E-state index contributed by atoms with van der Waals surface area (Å²) in [5.41, 5.74) is 2.00. The van der Waals surface area contributed by atoms with Crippen LogP contribution in [-0.2, 0) is 16.0 Å². The maximum atomic E-state index is 12.1. The van der Waals surface area contributed by atoms with Gasteiger partial charge in [-0.3, -0.25) is 14.9 Å². The van der Waals surface area contributed by atoms with Crippen LogP contribution in [0, 0.1) is 0 Å². The van der Waals surface area contributed by atoms with E-state index < -0.39 is 18.0 Å². The van der Waals surface area contributed by atoms with E-state index in [1.54, 1.807) is 48.5 Å². The molecule has 0 aromatic heterocycles. The lowest BCUT2D eigenvalue weighted by atomic mass is 10.1. The highest BCUT2D eigenvalue weighted by Crippen LogP contribution is 2.20. The van der Waals surface area contributed by atoms with Gasteiger partial charge in [-0.15, -0.1) is 0 Å². The maximum Gasteiger partial charge on any atom is 0.322 e. The van der Waals surface area contributed by atoms with E-state index in [1.165, 1.54) is 0 Å². The zero-order valence-corrected chi connectivity index (χ0v) is 13.3. The number of carbonyl (C=O) groups is 3. The van der Waals surface area contributed by atoms with Gasteiger partial charge in [-0.2, -0.15) is 0 Å². The van der Waals surface area contributed by atoms with Crippen molar-refractivity contribution >= 4 is 35.1 Å². The first-order chi connectivity index (χ1) is 11.5. The van der Waals surface area contributed by atoms with Crippen molar-refractivity contribution in [3.8, 4) is 0 Å². The van der Waals surface area contributed by atoms with Gasteiger partial charge in [0, 0.05) is 10.7 Å². The van der Waals surface area contributed by atoms with Crippen LogP contribution in [-0.4, -0.2) is 17.8 Å². The third kappa shape index (κ3) is 3.72. The average molecular weight is 344 g/mol. The Balaban J connectivity index is 1.68. The molecule has 2 aromatic rings. The molecule has 3 N–H and O–H groups in total. The van der Waals surface area contributed by atoms with E-state index in [-0.39, 0.29) is 12.3 Å². The summed E-state index contributed by atoms with van der Waals surface area (Å²) < 4.78 is 0. The quantitative estimate of drug-likeness (QED) is 0.745. The number of carbonyl (C=O) groups excluding carboxylic acids is 3. The first-order valence-corrected chi connectivity index (χ1v) is 7.65. The van der Waals surface area contributed by atoms with Crippen LogP contribution in [0.25, 0.3) is 0 Å². The summed E-state index contributed by atoms with van der Waals surface area (Å²) in [6.45, 7) is 0. The van der Waals surface area contributed by atoms with Gasteiger partial charge in [-0.05, 0) is 35.4 Å². The van der Waals surface area contributed by atoms with Crippen LogP contribution >= 0.6 is 11.6 Å². The van der Waals surface area contributed by atoms with Gasteiger partial charge in [0.15, 0.2) is 0 Å². The van der Waals surface area contributed by atoms with Crippen LogP contribution < -0.4 is 16.0 Å². The van der Waals surface area contributed by atoms with Gasteiger partial charge in [0.05, 0.1) is 6.42 Å². The number of anilines is 1. The van der Waals surface area contributed by atoms with Crippen LogP contribution in [0.1, 0.15) is 17.2 Å². The molecule has 0 bridgehead atoms. The molecule has 0 aliphatic carbocycles. The van der Waals surface area contributed by atoms with Crippen molar-refractivity contribution in [3.05, 3.63) is 64.7 Å². The molecule has 1 unspecified atom stereocenters. The van der Waals surface area contributed by atoms with Crippen molar-refractivity contribution in [1.29, 1.82) is 0 Å². The molecule has 4 amide bonds. The zero-order chi connectivity index (χ0) is 17.1. The average Bonchev–Trinajstić information content (AvgIpc) is 2.88. The van der Waals surface area contributed by atoms with Crippen molar-refractivity contribution in [2.75, 3.05) is 5.32 Å². The molecule has 1 aliphatic heterocycles. The number of nitrogens with one attached hydrogen (secondary N) is 3. The van der Waals surface area contributed by atoms with E-state index in [1.807, 2.05) is 0 Å². The second-order valence-electron chi connectivity index (χ2n) is 5.37. The summed E-state index contributed by atoms with van der Waals surface area (Å²) in [4.78, 5) is 35.0. The first kappa shape index (κ1) is 16.0. The predicted octanol–water partition coefficient (Wildman–Crippen LogP) is 2.40. The Morgan fingerprint density at radius 2 is 1.88 bits per heavy atom. The van der Waals surface area contributed by atoms with Crippen LogP contribution in [0.4, 0.5) is 10.5 Å². The SMILES string of the molecule is O=C(Cc1ccc(Cl)cc1)Nc1cccc(C2NC(=O)NC2=O)c1. The van der Waals surface area contributed by atoms with Gasteiger partial charge in [-0.1, -0.05) is 35.9 Å². The molecule has 1 aliphatic rings. The lowest BCUT2D eigenvalue weighted by Crippen LogP contribution is -2.22. The minimum absolute atomic E-state index is 0.186. The number of halogens is 1. The third-order valence-corrected chi connectivity index (χ3v) is 3.81. The van der Waals surface area contributed by atoms with E-state index in [2.05, 4.69) is 16.0 Å². The van der Waals surface area contributed by atoms with Crippen molar-refractivity contribution < 1.29 is 14.4 Å². The Morgan fingerprint density at radius 1 is 1.12 bits per heavy atom. The molecule has 7 heteroatoms. The van der Waals surface area contributed by atoms with E-state index in [0.717, 1.165) is 5.56 Å². The number of amides is 4. The molecule has 2 aromatic carbocycles. The topological polar surface area (TPSA) is 87.3 Å². The fourth-order valence-electron chi connectivity index (χ4n) is 2.44. The van der Waals surface area contributed by atoms with Gasteiger partial charge >= 0.3 is 6.03 Å². The molecule has 1 heterocycles. The minimum Gasteiger partial charge on any atom is -0.326 e. The lowest BCUT2D eigenvalue weighted by Gasteiger charge is -2.11. The predicted molar refractivity (Wildman–Crippen MR) is 89.6 cm³/mol. The highest BCUT2D eigenvalue weighted by molar-refractivity contribution is 6.30. The maximum absolute atomic E-state index is 12.1. The molecule has 1 fully saturated rings. The summed E-state index contributed by atoms with van der Waals surface area (Å²) in [5, 5.41) is 8.09. The Kier molecular flexibility index (Phi) is 4.48. The van der Waals surface area contributed by atoms with Gasteiger partial charge in [0.25, 0.3) is 5.91 Å². The van der Waals surface area contributed by atoms with Crippen LogP contribution in [0.5, 0.6) is 0 Å². The van der Waals surface area contributed by atoms with Crippen LogP contribution in [0.2, 0.25) is 5.02 Å². The molecule has 1 saturated heterocycles. The third-order valence-electron chi connectivity index (χ3n) is 3.56. The Morgan fingerprint density at radius 3 is 2.54 bits per heavy atom. The number of benzene rings is 2. The Labute approximate surface area is 143 Å². The van der Waals surface area contributed by atoms with Gasteiger partial charge in [0.2, 0.25) is 5.91 Å². The standard InChI is InChI=1S/C17H14ClN3O3/c18-12-6-4-10(5-7-12)8-14(22)19-13-3-1-2-11(9-13)15-16(23)21-17(24)20-15/h1-7,9,15H,8H2,(H,19,22)(H2,20,21,23,24).